The van der Waals surface area contributed by atoms with Gasteiger partial charge in [-0.2, -0.15) is 0 Å². The minimum absolute atomic E-state index is 0.00860. The number of anilines is 6. The van der Waals surface area contributed by atoms with Gasteiger partial charge in [-0.15, -0.1) is 0 Å². The fraction of sp³-hybridized carbons (Fsp3) is 0.321. The molecule has 12 rings (SSSR count). The van der Waals surface area contributed by atoms with Crippen molar-refractivity contribution in [3.05, 3.63) is 131 Å². The van der Waals surface area contributed by atoms with Crippen LogP contribution in [0.4, 0.5) is 34.1 Å². The summed E-state index contributed by atoms with van der Waals surface area (Å²) in [6.07, 6.45) is 2.60. The lowest BCUT2D eigenvalue weighted by atomic mass is 9.33. The molecule has 3 aliphatic heterocycles. The first kappa shape index (κ1) is 21.0. The Morgan fingerprint density at radius 3 is 1.84 bits per heavy atom. The summed E-state index contributed by atoms with van der Waals surface area (Å²) in [7, 11) is 0. The fourth-order valence-electron chi connectivity index (χ4n) is 10.5. The second-order valence-electron chi connectivity index (χ2n) is 19.4. The number of fused-ring (bicyclic) bond motifs is 11. The highest BCUT2D eigenvalue weighted by atomic mass is 15.2. The van der Waals surface area contributed by atoms with Crippen LogP contribution in [0.5, 0.6) is 0 Å². The van der Waals surface area contributed by atoms with Gasteiger partial charge in [0, 0.05) is 33.5 Å². The molecule has 0 bridgehead atoms. The van der Waals surface area contributed by atoms with Crippen molar-refractivity contribution < 1.29 is 23.3 Å². The van der Waals surface area contributed by atoms with Gasteiger partial charge in [0.15, 0.2) is 0 Å². The van der Waals surface area contributed by atoms with Crippen LogP contribution in [0, 0.1) is 6.92 Å². The summed E-state index contributed by atoms with van der Waals surface area (Å²) in [5.74, 6) is 0. The predicted molar refractivity (Wildman–Crippen MR) is 244 cm³/mol. The maximum Gasteiger partial charge on any atom is 0.252 e. The van der Waals surface area contributed by atoms with Crippen LogP contribution >= 0.6 is 0 Å². The first-order valence-corrected chi connectivity index (χ1v) is 20.0. The first-order chi connectivity index (χ1) is 34.3. The predicted octanol–water partition coefficient (Wildman–Crippen LogP) is 12.2. The first-order valence-electron chi connectivity index (χ1n) is 28.5. The van der Waals surface area contributed by atoms with Crippen molar-refractivity contribution in [2.75, 3.05) is 9.80 Å². The number of rotatable bonds is 1. The van der Waals surface area contributed by atoms with Crippen molar-refractivity contribution >= 4 is 79.0 Å². The third-order valence-corrected chi connectivity index (χ3v) is 13.9. The van der Waals surface area contributed by atoms with Gasteiger partial charge in [-0.05, 0) is 147 Å². The Morgan fingerprint density at radius 1 is 0.509 bits per heavy atom. The smallest absolute Gasteiger partial charge is 0.252 e. The Hall–Kier alpha value is -5.22. The SMILES string of the molecule is [2H]c1c([2H])c2c3c(c1[2H])-n1c4c([2H])c([2H])c([2H])c([2H])c4c4c([2H])c([2H])c([2H])c(c41)N3c1c([2H])c(C)c([2H])c3c1B2c1c([2H])c2c(c([2H])c1N3c1c([2H])c([2H])c3c(c1[2H])C(C)(C)CCC3(C)C)C(C)(C)CCC2(C)C. The molecule has 4 heterocycles. The monoisotopic (exact) mass is 759 g/mol. The number of aromatic nitrogens is 1. The summed E-state index contributed by atoms with van der Waals surface area (Å²) in [6, 6.07) is -6.87. The van der Waals surface area contributed by atoms with Crippen molar-refractivity contribution in [1.29, 1.82) is 0 Å². The largest absolute Gasteiger partial charge is 0.311 e. The molecule has 5 aliphatic rings. The number of hydrogen-bond donors (Lipinski definition) is 0. The van der Waals surface area contributed by atoms with E-state index >= 15 is 0 Å². The molecule has 57 heavy (non-hydrogen) atoms. The lowest BCUT2D eigenvalue weighted by Gasteiger charge is -2.48. The lowest BCUT2D eigenvalue weighted by molar-refractivity contribution is 0.332. The van der Waals surface area contributed by atoms with E-state index in [0.717, 1.165) is 0 Å². The molecule has 0 spiro atoms. The third kappa shape index (κ3) is 4.24. The topological polar surface area (TPSA) is 11.4 Å². The van der Waals surface area contributed by atoms with Crippen molar-refractivity contribution in [3.63, 3.8) is 0 Å². The van der Waals surface area contributed by atoms with E-state index in [4.69, 9.17) is 2.74 Å². The Labute approximate surface area is 362 Å². The molecule has 0 fully saturated rings. The zero-order chi connectivity index (χ0) is 53.9. The molecule has 0 amide bonds. The summed E-state index contributed by atoms with van der Waals surface area (Å²) in [5.41, 5.74) is -0.894. The molecule has 3 nitrogen and oxygen atoms in total. The van der Waals surface area contributed by atoms with Crippen LogP contribution in [0.3, 0.4) is 0 Å². The van der Waals surface area contributed by atoms with Crippen LogP contribution < -0.4 is 26.2 Å². The second kappa shape index (κ2) is 10.6. The third-order valence-electron chi connectivity index (χ3n) is 13.9. The normalized spacial score (nSPS) is 23.7. The molecule has 7 aromatic rings. The van der Waals surface area contributed by atoms with E-state index < -0.39 is 88.8 Å². The standard InChI is InChI=1S/C53H52BN3/c1-31-26-45-47-46(27-31)57-42-18-12-15-34-33-14-10-11-17-41(33)56(48(34)42)43-19-13-16-39(49(43)57)54(47)40-29-37-38(53(8,9)25-24-52(37,6)7)30-44(40)55(45)32-20-21-35-36(28-32)51(4,5)23-22-50(35,2)3/h10-21,26-30H,22-25H2,1-9H3/i10D,11D,12D,13D,14D,15D,16D,17D,18D,19D,20D,21D,26D,27D,28D,29D,30D. The summed E-state index contributed by atoms with van der Waals surface area (Å²) in [6.45, 7) is 16.2. The van der Waals surface area contributed by atoms with E-state index in [1.165, 1.54) is 14.4 Å². The molecule has 1 aromatic heterocycles. The minimum Gasteiger partial charge on any atom is -0.311 e. The Bertz CT molecular complexity index is 3930. The van der Waals surface area contributed by atoms with Crippen molar-refractivity contribution in [1.82, 2.24) is 4.57 Å². The molecule has 282 valence electrons. The molecule has 0 N–H and O–H groups in total. The van der Waals surface area contributed by atoms with E-state index in [2.05, 4.69) is 0 Å². The molecular weight excluding hydrogens is 689 g/mol. The summed E-state index contributed by atoms with van der Waals surface area (Å²) >= 11 is 0. The van der Waals surface area contributed by atoms with Crippen molar-refractivity contribution in [3.8, 4) is 5.69 Å². The fourth-order valence-corrected chi connectivity index (χ4v) is 10.5. The average molecular weight is 759 g/mol. The van der Waals surface area contributed by atoms with Crippen LogP contribution in [-0.4, -0.2) is 11.3 Å². The second-order valence-corrected chi connectivity index (χ2v) is 19.4. The molecule has 0 saturated carbocycles. The van der Waals surface area contributed by atoms with Gasteiger partial charge < -0.3 is 14.4 Å². The average Bonchev–Trinajstić information content (AvgIpc) is 3.68. The van der Waals surface area contributed by atoms with Crippen LogP contribution in [0.2, 0.25) is 0 Å². The molecule has 0 atom stereocenters. The Morgan fingerprint density at radius 2 is 1.11 bits per heavy atom. The lowest BCUT2D eigenvalue weighted by Crippen LogP contribution is -2.62. The van der Waals surface area contributed by atoms with Crippen molar-refractivity contribution in [2.45, 2.75) is 110 Å². The highest BCUT2D eigenvalue weighted by Crippen LogP contribution is 2.55. The minimum atomic E-state index is -1.38. The number of nitrogens with zero attached hydrogens (tertiary/aromatic N) is 3. The van der Waals surface area contributed by atoms with E-state index in [0.29, 0.717) is 47.9 Å². The number of benzene rings is 6. The molecule has 2 aliphatic carbocycles. The van der Waals surface area contributed by atoms with Gasteiger partial charge >= 0.3 is 0 Å². The Kier molecular flexibility index (Phi) is 3.92. The van der Waals surface area contributed by atoms with Crippen LogP contribution in [0.25, 0.3) is 27.5 Å². The zero-order valence-electron chi connectivity index (χ0n) is 50.7. The molecule has 6 aromatic carbocycles. The zero-order valence-corrected chi connectivity index (χ0v) is 33.7. The quantitative estimate of drug-likeness (QED) is 0.154. The maximum atomic E-state index is 10.7. The van der Waals surface area contributed by atoms with Gasteiger partial charge in [0.2, 0.25) is 0 Å². The van der Waals surface area contributed by atoms with E-state index in [1.807, 2.05) is 55.4 Å². The highest BCUT2D eigenvalue weighted by molar-refractivity contribution is 7.00. The molecule has 4 heteroatoms. The van der Waals surface area contributed by atoms with Crippen LogP contribution in [-0.2, 0) is 21.7 Å². The van der Waals surface area contributed by atoms with Gasteiger partial charge in [-0.25, -0.2) is 0 Å². The number of para-hydroxylation sites is 3. The summed E-state index contributed by atoms with van der Waals surface area (Å²) in [5, 5.41) is -0.301. The summed E-state index contributed by atoms with van der Waals surface area (Å²) < 4.78 is 168. The molecule has 0 unspecified atom stereocenters. The van der Waals surface area contributed by atoms with Crippen molar-refractivity contribution in [2.24, 2.45) is 0 Å². The van der Waals surface area contributed by atoms with Crippen LogP contribution in [0.1, 0.15) is 132 Å². The maximum absolute atomic E-state index is 10.7. The van der Waals surface area contributed by atoms with Gasteiger partial charge in [0.25, 0.3) is 6.71 Å². The molecule has 0 radical (unpaired) electrons. The van der Waals surface area contributed by atoms with E-state index in [9.17, 15) is 20.6 Å². The van der Waals surface area contributed by atoms with E-state index in [-0.39, 0.29) is 126 Å². The van der Waals surface area contributed by atoms with Gasteiger partial charge in [-0.3, -0.25) is 0 Å². The van der Waals surface area contributed by atoms with Gasteiger partial charge in [0.1, 0.15) is 0 Å². The highest BCUT2D eigenvalue weighted by Gasteiger charge is 2.48. The van der Waals surface area contributed by atoms with Gasteiger partial charge in [-0.1, -0.05) is 110 Å². The molecular formula is C53H52BN3. The van der Waals surface area contributed by atoms with E-state index in [1.54, 1.807) is 6.92 Å². The van der Waals surface area contributed by atoms with Crippen LogP contribution in [0.15, 0.2) is 103 Å². The Balaban J connectivity index is 1.38. The number of hydrogen-bond acceptors (Lipinski definition) is 2. The van der Waals surface area contributed by atoms with Gasteiger partial charge in [0.05, 0.1) is 51.4 Å². The summed E-state index contributed by atoms with van der Waals surface area (Å²) in [4.78, 5) is 2.96. The molecule has 0 saturated heterocycles.